The Morgan fingerprint density at radius 2 is 2.33 bits per heavy atom. The van der Waals surface area contributed by atoms with E-state index in [0.29, 0.717) is 17.0 Å². The molecule has 0 saturated heterocycles. The molecule has 0 aromatic carbocycles. The highest BCUT2D eigenvalue weighted by molar-refractivity contribution is 5.80. The van der Waals surface area contributed by atoms with Gasteiger partial charge in [0.25, 0.3) is 0 Å². The average molecular weight is 203 g/mol. The van der Waals surface area contributed by atoms with Crippen LogP contribution >= 0.6 is 0 Å². The van der Waals surface area contributed by atoms with Gasteiger partial charge < -0.3 is 4.74 Å². The Morgan fingerprint density at radius 1 is 1.47 bits per heavy atom. The number of aldehydes is 1. The van der Waals surface area contributed by atoms with Crippen molar-refractivity contribution in [3.63, 3.8) is 0 Å². The van der Waals surface area contributed by atoms with Gasteiger partial charge in [-0.25, -0.2) is 4.68 Å². The van der Waals surface area contributed by atoms with Crippen molar-refractivity contribution in [2.24, 2.45) is 0 Å². The van der Waals surface area contributed by atoms with Gasteiger partial charge in [0.05, 0.1) is 31.4 Å². The summed E-state index contributed by atoms with van der Waals surface area (Å²) in [6, 6.07) is 1.64. The summed E-state index contributed by atoms with van der Waals surface area (Å²) >= 11 is 0. The fraction of sp³-hybridized carbons (Fsp3) is 0.100. The molecule has 2 heterocycles. The van der Waals surface area contributed by atoms with Crippen LogP contribution in [0.4, 0.5) is 0 Å². The summed E-state index contributed by atoms with van der Waals surface area (Å²) in [5.74, 6) is 0.635. The van der Waals surface area contributed by atoms with Crippen molar-refractivity contribution in [3.05, 3.63) is 36.4 Å². The van der Waals surface area contributed by atoms with Crippen molar-refractivity contribution in [1.82, 2.24) is 14.8 Å². The van der Waals surface area contributed by atoms with Crippen LogP contribution in [-0.2, 0) is 0 Å². The monoisotopic (exact) mass is 203 g/mol. The van der Waals surface area contributed by atoms with Crippen LogP contribution in [-0.4, -0.2) is 28.2 Å². The Morgan fingerprint density at radius 3 is 3.00 bits per heavy atom. The van der Waals surface area contributed by atoms with Crippen LogP contribution in [0, 0.1) is 0 Å². The predicted molar refractivity (Wildman–Crippen MR) is 53.3 cm³/mol. The molecule has 5 nitrogen and oxygen atoms in total. The van der Waals surface area contributed by atoms with Crippen LogP contribution < -0.4 is 4.74 Å². The van der Waals surface area contributed by atoms with E-state index in [1.54, 1.807) is 42.6 Å². The summed E-state index contributed by atoms with van der Waals surface area (Å²) < 4.78 is 6.55. The molecule has 2 rings (SSSR count). The lowest BCUT2D eigenvalue weighted by atomic mass is 10.2. The number of carbonyl (C=O) groups excluding carboxylic acids is 1. The lowest BCUT2D eigenvalue weighted by molar-refractivity contribution is 0.112. The van der Waals surface area contributed by atoms with Crippen LogP contribution in [0.5, 0.6) is 5.75 Å². The topological polar surface area (TPSA) is 57.0 Å². The number of hydrogen-bond donors (Lipinski definition) is 0. The highest BCUT2D eigenvalue weighted by atomic mass is 16.5. The van der Waals surface area contributed by atoms with Gasteiger partial charge in [-0.15, -0.1) is 0 Å². The molecule has 0 spiro atoms. The third kappa shape index (κ3) is 1.71. The number of methoxy groups -OCH3 is 1. The third-order valence-electron chi connectivity index (χ3n) is 2.00. The molecule has 0 N–H and O–H groups in total. The van der Waals surface area contributed by atoms with Gasteiger partial charge in [-0.3, -0.25) is 9.78 Å². The number of pyridine rings is 1. The number of aromatic nitrogens is 3. The molecule has 0 aliphatic carbocycles. The minimum atomic E-state index is 0.538. The first kappa shape index (κ1) is 9.39. The normalized spacial score (nSPS) is 9.93. The molecule has 2 aromatic rings. The van der Waals surface area contributed by atoms with Gasteiger partial charge in [-0.1, -0.05) is 0 Å². The van der Waals surface area contributed by atoms with Gasteiger partial charge in [0.2, 0.25) is 0 Å². The first-order chi connectivity index (χ1) is 7.35. The van der Waals surface area contributed by atoms with Crippen molar-refractivity contribution in [1.29, 1.82) is 0 Å². The second-order valence-corrected chi connectivity index (χ2v) is 2.88. The number of hydrogen-bond acceptors (Lipinski definition) is 4. The summed E-state index contributed by atoms with van der Waals surface area (Å²) in [6.07, 6.45) is 7.17. The van der Waals surface area contributed by atoms with Crippen LogP contribution in [0.2, 0.25) is 0 Å². The van der Waals surface area contributed by atoms with Crippen LogP contribution in [0.15, 0.2) is 30.9 Å². The fourth-order valence-corrected chi connectivity index (χ4v) is 1.23. The average Bonchev–Trinajstić information content (AvgIpc) is 2.77. The van der Waals surface area contributed by atoms with Crippen molar-refractivity contribution < 1.29 is 9.53 Å². The third-order valence-corrected chi connectivity index (χ3v) is 2.00. The second kappa shape index (κ2) is 3.91. The molecule has 5 heteroatoms. The standard InChI is InChI=1S/C10H9N3O2/c1-15-9-4-12-13(6-9)10-5-11-3-2-8(10)7-14/h2-7H,1H3. The molecule has 0 amide bonds. The molecule has 0 aliphatic heterocycles. The van der Waals surface area contributed by atoms with Gasteiger partial charge in [-0.2, -0.15) is 5.10 Å². The van der Waals surface area contributed by atoms with Gasteiger partial charge in [-0.05, 0) is 6.07 Å². The van der Waals surface area contributed by atoms with E-state index < -0.39 is 0 Å². The van der Waals surface area contributed by atoms with E-state index in [2.05, 4.69) is 10.1 Å². The molecule has 2 aromatic heterocycles. The summed E-state index contributed by atoms with van der Waals surface area (Å²) in [4.78, 5) is 14.7. The van der Waals surface area contributed by atoms with E-state index in [1.165, 1.54) is 0 Å². The first-order valence-corrected chi connectivity index (χ1v) is 4.33. The molecule has 0 unspecified atom stereocenters. The summed E-state index contributed by atoms with van der Waals surface area (Å²) in [6.45, 7) is 0. The van der Waals surface area contributed by atoms with E-state index in [0.717, 1.165) is 6.29 Å². The maximum atomic E-state index is 10.8. The Balaban J connectivity index is 2.48. The van der Waals surface area contributed by atoms with Crippen molar-refractivity contribution >= 4 is 6.29 Å². The minimum absolute atomic E-state index is 0.538. The van der Waals surface area contributed by atoms with Crippen LogP contribution in [0.1, 0.15) is 10.4 Å². The zero-order chi connectivity index (χ0) is 10.7. The lowest BCUT2D eigenvalue weighted by Crippen LogP contribution is -1.99. The van der Waals surface area contributed by atoms with E-state index in [4.69, 9.17) is 4.74 Å². The molecule has 15 heavy (non-hydrogen) atoms. The van der Waals surface area contributed by atoms with E-state index in [9.17, 15) is 4.79 Å². The summed E-state index contributed by atoms with van der Waals surface area (Å²) in [7, 11) is 1.56. The zero-order valence-electron chi connectivity index (χ0n) is 8.12. The highest BCUT2D eigenvalue weighted by Gasteiger charge is 2.05. The molecule has 76 valence electrons. The lowest BCUT2D eigenvalue weighted by Gasteiger charge is -2.02. The Bertz CT molecular complexity index is 479. The number of nitrogens with zero attached hydrogens (tertiary/aromatic N) is 3. The molecular formula is C10H9N3O2. The van der Waals surface area contributed by atoms with Crippen molar-refractivity contribution in [2.45, 2.75) is 0 Å². The van der Waals surface area contributed by atoms with Gasteiger partial charge in [0, 0.05) is 11.8 Å². The predicted octanol–water partition coefficient (Wildman–Crippen LogP) is 1.09. The number of carbonyl (C=O) groups is 1. The molecule has 0 radical (unpaired) electrons. The molecule has 0 aliphatic rings. The molecule has 0 fully saturated rings. The van der Waals surface area contributed by atoms with Crippen LogP contribution in [0.3, 0.4) is 0 Å². The Hall–Kier alpha value is -2.17. The van der Waals surface area contributed by atoms with E-state index in [-0.39, 0.29) is 0 Å². The largest absolute Gasteiger partial charge is 0.493 e. The molecule has 0 saturated carbocycles. The SMILES string of the molecule is COc1cnn(-c2cnccc2C=O)c1. The van der Waals surface area contributed by atoms with E-state index in [1.807, 2.05) is 0 Å². The number of ether oxygens (including phenoxy) is 1. The molecular weight excluding hydrogens is 194 g/mol. The van der Waals surface area contributed by atoms with Gasteiger partial charge in [0.1, 0.15) is 0 Å². The first-order valence-electron chi connectivity index (χ1n) is 4.33. The van der Waals surface area contributed by atoms with E-state index >= 15 is 0 Å². The number of rotatable bonds is 3. The Kier molecular flexibility index (Phi) is 2.45. The Labute approximate surface area is 86.3 Å². The maximum absolute atomic E-state index is 10.8. The zero-order valence-corrected chi connectivity index (χ0v) is 8.12. The summed E-state index contributed by atoms with van der Waals surface area (Å²) in [5.41, 5.74) is 1.17. The second-order valence-electron chi connectivity index (χ2n) is 2.88. The molecule has 0 bridgehead atoms. The van der Waals surface area contributed by atoms with Crippen LogP contribution in [0.25, 0.3) is 5.69 Å². The van der Waals surface area contributed by atoms with Crippen molar-refractivity contribution in [2.75, 3.05) is 7.11 Å². The fourth-order valence-electron chi connectivity index (χ4n) is 1.23. The minimum Gasteiger partial charge on any atom is -0.493 e. The molecule has 0 atom stereocenters. The van der Waals surface area contributed by atoms with Gasteiger partial charge in [0.15, 0.2) is 12.0 Å². The smallest absolute Gasteiger partial charge is 0.157 e. The highest BCUT2D eigenvalue weighted by Crippen LogP contribution is 2.14. The maximum Gasteiger partial charge on any atom is 0.157 e. The quantitative estimate of drug-likeness (QED) is 0.700. The van der Waals surface area contributed by atoms with Gasteiger partial charge >= 0.3 is 0 Å². The van der Waals surface area contributed by atoms with Crippen molar-refractivity contribution in [3.8, 4) is 11.4 Å². The summed E-state index contributed by atoms with van der Waals surface area (Å²) in [5, 5.41) is 4.06.